The first-order chi connectivity index (χ1) is 9.36. The Balaban J connectivity index is 3.98. The molecule has 0 aromatic heterocycles. The molecule has 4 nitrogen and oxygen atoms in total. The van der Waals surface area contributed by atoms with E-state index in [4.69, 9.17) is 0 Å². The Morgan fingerprint density at radius 3 is 1.86 bits per heavy atom. The number of halogens is 6. The normalized spacial score (nSPS) is 23.7. The van der Waals surface area contributed by atoms with Gasteiger partial charge in [0.1, 0.15) is 0 Å². The van der Waals surface area contributed by atoms with Gasteiger partial charge in [-0.15, -0.1) is 0 Å². The molecule has 0 fully saturated rings. The fourth-order valence-electron chi connectivity index (χ4n) is 1.51. The predicted octanol–water partition coefficient (Wildman–Crippen LogP) is 2.24. The average Bonchev–Trinajstić information content (AvgIpc) is 2.37. The van der Waals surface area contributed by atoms with Gasteiger partial charge in [0.2, 0.25) is 9.84 Å². The van der Waals surface area contributed by atoms with Crippen LogP contribution in [0.1, 0.15) is 0 Å². The van der Waals surface area contributed by atoms with Gasteiger partial charge >= 0.3 is 0 Å². The van der Waals surface area contributed by atoms with Crippen molar-refractivity contribution in [2.45, 2.75) is 6.17 Å². The largest absolute Gasteiger partial charge is 0.234 e. The zero-order valence-electron chi connectivity index (χ0n) is 10.0. The highest BCUT2D eigenvalue weighted by atomic mass is 32.3. The van der Waals surface area contributed by atoms with Crippen LogP contribution in [0.3, 0.4) is 0 Å². The van der Waals surface area contributed by atoms with E-state index in [0.717, 1.165) is 0 Å². The van der Waals surface area contributed by atoms with Crippen molar-refractivity contribution in [1.29, 1.82) is 0 Å². The van der Waals surface area contributed by atoms with Gasteiger partial charge in [-0.1, -0.05) is 0 Å². The van der Waals surface area contributed by atoms with E-state index in [0.29, 0.717) is 0 Å². The molecule has 0 heterocycles. The van der Waals surface area contributed by atoms with Gasteiger partial charge in [0.05, 0.1) is 5.57 Å². The predicted molar refractivity (Wildman–Crippen MR) is 60.1 cm³/mol. The third-order valence-corrected chi connectivity index (χ3v) is 5.93. The zero-order chi connectivity index (χ0) is 16.7. The summed E-state index contributed by atoms with van der Waals surface area (Å²) in [6.45, 7) is 0. The van der Waals surface area contributed by atoms with Crippen LogP contribution in [0.2, 0.25) is 0 Å². The van der Waals surface area contributed by atoms with E-state index >= 15 is 0 Å². The molecular weight excluding hydrogens is 350 g/mol. The minimum absolute atomic E-state index is 0.132. The molecule has 0 N–H and O–H groups in total. The summed E-state index contributed by atoms with van der Waals surface area (Å²) in [6.07, 6.45) is -3.41. The second-order valence-corrected chi connectivity index (χ2v) is 7.92. The molecule has 0 aromatic rings. The van der Waals surface area contributed by atoms with Crippen molar-refractivity contribution in [3.05, 3.63) is 33.1 Å². The molecule has 1 aliphatic rings. The Labute approximate surface area is 115 Å². The van der Waals surface area contributed by atoms with Crippen molar-refractivity contribution < 1.29 is 43.2 Å². The van der Waals surface area contributed by atoms with Crippen LogP contribution in [0.15, 0.2) is 33.1 Å². The van der Waals surface area contributed by atoms with Gasteiger partial charge in [-0.2, -0.15) is 0 Å². The summed E-state index contributed by atoms with van der Waals surface area (Å²) >= 11 is 0. The molecule has 1 atom stereocenters. The van der Waals surface area contributed by atoms with E-state index in [1.165, 1.54) is 0 Å². The van der Waals surface area contributed by atoms with Gasteiger partial charge in [-0.05, 0) is 0 Å². The van der Waals surface area contributed by atoms with Crippen molar-refractivity contribution >= 4 is 19.7 Å². The van der Waals surface area contributed by atoms with Gasteiger partial charge in [-0.3, -0.25) is 0 Å². The molecule has 0 radical (unpaired) electrons. The van der Waals surface area contributed by atoms with E-state index in [9.17, 15) is 43.2 Å². The fourth-order valence-corrected chi connectivity index (χ4v) is 4.71. The fraction of sp³-hybridized carbons (Fsp3) is 0.333. The number of rotatable bonds is 3. The molecule has 21 heavy (non-hydrogen) atoms. The Bertz CT molecular complexity index is 775. The van der Waals surface area contributed by atoms with Gasteiger partial charge < -0.3 is 0 Å². The summed E-state index contributed by atoms with van der Waals surface area (Å²) in [5.41, 5.74) is -2.13. The maximum atomic E-state index is 13.5. The summed E-state index contributed by atoms with van der Waals surface area (Å²) in [7, 11) is -10.4. The maximum absolute atomic E-state index is 13.5. The van der Waals surface area contributed by atoms with Crippen molar-refractivity contribution in [2.75, 3.05) is 12.3 Å². The highest BCUT2D eigenvalue weighted by Gasteiger charge is 2.43. The van der Waals surface area contributed by atoms with Crippen LogP contribution in [0.25, 0.3) is 0 Å². The molecule has 0 aliphatic heterocycles. The molecule has 0 spiro atoms. The summed E-state index contributed by atoms with van der Waals surface area (Å²) in [5.74, 6) is -10.3. The van der Waals surface area contributed by atoms with Crippen LogP contribution in [-0.4, -0.2) is 35.3 Å². The van der Waals surface area contributed by atoms with E-state index in [1.807, 2.05) is 0 Å². The van der Waals surface area contributed by atoms with Crippen molar-refractivity contribution in [3.8, 4) is 0 Å². The van der Waals surface area contributed by atoms with Crippen molar-refractivity contribution in [1.82, 2.24) is 0 Å². The maximum Gasteiger partial charge on any atom is 0.218 e. The minimum atomic E-state index is -5.42. The Morgan fingerprint density at radius 1 is 1.00 bits per heavy atom. The first kappa shape index (κ1) is 17.8. The highest BCUT2D eigenvalue weighted by molar-refractivity contribution is 8.14. The topological polar surface area (TPSA) is 68.3 Å². The number of sulfone groups is 2. The molecule has 120 valence electrons. The lowest BCUT2D eigenvalue weighted by Gasteiger charge is -2.18. The van der Waals surface area contributed by atoms with Gasteiger partial charge in [0.15, 0.2) is 49.6 Å². The summed E-state index contributed by atoms with van der Waals surface area (Å²) in [5, 5.41) is 0. The quantitative estimate of drug-likeness (QED) is 0.728. The Morgan fingerprint density at radius 2 is 1.48 bits per heavy atom. The molecular formula is C9H6F6O4S2. The number of allylic oxidation sites excluding steroid dienone is 5. The first-order valence-corrected chi connectivity index (χ1v) is 8.38. The highest BCUT2D eigenvalue weighted by Crippen LogP contribution is 2.42. The van der Waals surface area contributed by atoms with Crippen LogP contribution in [0.4, 0.5) is 26.3 Å². The lowest BCUT2D eigenvalue weighted by Crippen LogP contribution is -2.24. The lowest BCUT2D eigenvalue weighted by atomic mass is 10.0. The van der Waals surface area contributed by atoms with Gasteiger partial charge in [-0.25, -0.2) is 43.2 Å². The third kappa shape index (κ3) is 3.00. The molecule has 0 saturated heterocycles. The number of alkyl halides is 2. The third-order valence-electron chi connectivity index (χ3n) is 2.29. The molecule has 1 rings (SSSR count). The average molecular weight is 356 g/mol. The molecule has 0 aromatic carbocycles. The summed E-state index contributed by atoms with van der Waals surface area (Å²) in [4.78, 5) is 0. The van der Waals surface area contributed by atoms with Crippen LogP contribution in [0.5, 0.6) is 0 Å². The number of hydrogen-bond acceptors (Lipinski definition) is 4. The molecule has 0 amide bonds. The molecule has 1 unspecified atom stereocenters. The summed E-state index contributed by atoms with van der Waals surface area (Å²) < 4.78 is 121. The Hall–Kier alpha value is -1.30. The van der Waals surface area contributed by atoms with E-state index in [1.54, 1.807) is 0 Å². The second-order valence-electron chi connectivity index (χ2n) is 3.85. The monoisotopic (exact) mass is 356 g/mol. The van der Waals surface area contributed by atoms with E-state index < -0.39 is 65.0 Å². The molecule has 1 aliphatic carbocycles. The van der Waals surface area contributed by atoms with Crippen LogP contribution >= 0.6 is 0 Å². The second kappa shape index (κ2) is 5.48. The van der Waals surface area contributed by atoms with Crippen LogP contribution in [0, 0.1) is 0 Å². The molecule has 12 heteroatoms. The van der Waals surface area contributed by atoms with E-state index in [2.05, 4.69) is 0 Å². The van der Waals surface area contributed by atoms with Crippen molar-refractivity contribution in [2.24, 2.45) is 0 Å². The lowest BCUT2D eigenvalue weighted by molar-refractivity contribution is 0.322. The Kier molecular flexibility index (Phi) is 4.63. The minimum Gasteiger partial charge on any atom is -0.234 e. The number of hydrogen-bond donors (Lipinski definition) is 0. The van der Waals surface area contributed by atoms with Crippen molar-refractivity contribution in [3.63, 3.8) is 0 Å². The van der Waals surface area contributed by atoms with E-state index in [-0.39, 0.29) is 6.26 Å². The van der Waals surface area contributed by atoms with Gasteiger partial charge in [0, 0.05) is 6.26 Å². The first-order valence-electron chi connectivity index (χ1n) is 4.84. The zero-order valence-corrected chi connectivity index (χ0v) is 11.6. The SMILES string of the molecule is CS(=O)(=O)C(=C1C(F)=C(F)C(F)=C(F)C1F)S(=O)(=O)CF. The summed E-state index contributed by atoms with van der Waals surface area (Å²) in [6, 6.07) is -2.39. The smallest absolute Gasteiger partial charge is 0.218 e. The van der Waals surface area contributed by atoms with Crippen LogP contribution < -0.4 is 0 Å². The molecule has 0 saturated carbocycles. The standard InChI is InChI=1S/C9H6F6O4S2/c1-20(16,17)9(21(18,19)2-10)3-4(11)6(13)8(15)7(14)5(3)12/h4H,2H2,1H3. The molecule has 0 bridgehead atoms. The van der Waals surface area contributed by atoms with Gasteiger partial charge in [0.25, 0.3) is 0 Å². The van der Waals surface area contributed by atoms with Crippen LogP contribution in [-0.2, 0) is 19.7 Å².